The number of likely N-dealkylation sites (tertiary alicyclic amines) is 1. The van der Waals surface area contributed by atoms with E-state index < -0.39 is 0 Å². The SMILES string of the molecule is CCCN[C@H]1CC[C@H](CN2CCC(C(C)C)CC2)CC1. The number of hydrogen-bond donors (Lipinski definition) is 1. The van der Waals surface area contributed by atoms with E-state index >= 15 is 0 Å². The topological polar surface area (TPSA) is 15.3 Å². The Labute approximate surface area is 126 Å². The molecule has 0 amide bonds. The molecule has 0 spiro atoms. The number of rotatable bonds is 6. The summed E-state index contributed by atoms with van der Waals surface area (Å²) in [6, 6.07) is 0.817. The van der Waals surface area contributed by atoms with Gasteiger partial charge in [-0.25, -0.2) is 0 Å². The normalized spacial score (nSPS) is 30.0. The molecule has 0 unspecified atom stereocenters. The molecule has 2 fully saturated rings. The van der Waals surface area contributed by atoms with Gasteiger partial charge in [-0.2, -0.15) is 0 Å². The first-order valence-corrected chi connectivity index (χ1v) is 9.14. The Morgan fingerprint density at radius 2 is 1.65 bits per heavy atom. The largest absolute Gasteiger partial charge is 0.314 e. The van der Waals surface area contributed by atoms with Gasteiger partial charge in [0, 0.05) is 12.6 Å². The van der Waals surface area contributed by atoms with Gasteiger partial charge in [0.15, 0.2) is 0 Å². The summed E-state index contributed by atoms with van der Waals surface area (Å²) in [6.07, 6.45) is 9.86. The summed E-state index contributed by atoms with van der Waals surface area (Å²) in [5.41, 5.74) is 0. The van der Waals surface area contributed by atoms with Crippen molar-refractivity contribution in [1.29, 1.82) is 0 Å². The van der Waals surface area contributed by atoms with Gasteiger partial charge in [0.25, 0.3) is 0 Å². The fourth-order valence-electron chi connectivity index (χ4n) is 4.06. The average Bonchev–Trinajstić information content (AvgIpc) is 2.47. The minimum atomic E-state index is 0.817. The Bertz CT molecular complexity index is 248. The zero-order valence-corrected chi connectivity index (χ0v) is 14.0. The fourth-order valence-corrected chi connectivity index (χ4v) is 4.06. The molecule has 0 aromatic carbocycles. The van der Waals surface area contributed by atoms with Gasteiger partial charge in [-0.1, -0.05) is 20.8 Å². The summed E-state index contributed by atoms with van der Waals surface area (Å²) < 4.78 is 0. The zero-order valence-electron chi connectivity index (χ0n) is 14.0. The summed E-state index contributed by atoms with van der Waals surface area (Å²) in [5.74, 6) is 2.85. The molecule has 20 heavy (non-hydrogen) atoms. The molecule has 2 heteroatoms. The van der Waals surface area contributed by atoms with E-state index in [4.69, 9.17) is 0 Å². The van der Waals surface area contributed by atoms with Crippen molar-refractivity contribution in [3.8, 4) is 0 Å². The Morgan fingerprint density at radius 3 is 2.20 bits per heavy atom. The van der Waals surface area contributed by atoms with Crippen molar-refractivity contribution in [2.24, 2.45) is 17.8 Å². The van der Waals surface area contributed by atoms with Crippen LogP contribution < -0.4 is 5.32 Å². The molecule has 0 bridgehead atoms. The highest BCUT2D eigenvalue weighted by Gasteiger charge is 2.26. The third kappa shape index (κ3) is 5.04. The molecular weight excluding hydrogens is 244 g/mol. The summed E-state index contributed by atoms with van der Waals surface area (Å²) in [4.78, 5) is 2.75. The molecule has 0 aromatic rings. The van der Waals surface area contributed by atoms with E-state index in [9.17, 15) is 0 Å². The zero-order chi connectivity index (χ0) is 14.4. The summed E-state index contributed by atoms with van der Waals surface area (Å²) in [7, 11) is 0. The minimum Gasteiger partial charge on any atom is -0.314 e. The van der Waals surface area contributed by atoms with Crippen molar-refractivity contribution in [2.45, 2.75) is 71.8 Å². The highest BCUT2D eigenvalue weighted by Crippen LogP contribution is 2.28. The lowest BCUT2D eigenvalue weighted by Crippen LogP contribution is -2.40. The van der Waals surface area contributed by atoms with Gasteiger partial charge < -0.3 is 10.2 Å². The Kier molecular flexibility index (Phi) is 6.83. The van der Waals surface area contributed by atoms with Crippen LogP contribution in [0.15, 0.2) is 0 Å². The standard InChI is InChI=1S/C18H36N2/c1-4-11-19-18-7-5-16(6-8-18)14-20-12-9-17(10-13-20)15(2)3/h15-19H,4-14H2,1-3H3/t16-,18-. The van der Waals surface area contributed by atoms with Crippen LogP contribution in [0.25, 0.3) is 0 Å². The molecule has 0 radical (unpaired) electrons. The van der Waals surface area contributed by atoms with Gasteiger partial charge in [-0.3, -0.25) is 0 Å². The first-order chi connectivity index (χ1) is 9.69. The summed E-state index contributed by atoms with van der Waals surface area (Å²) in [6.45, 7) is 12.4. The molecule has 118 valence electrons. The summed E-state index contributed by atoms with van der Waals surface area (Å²) >= 11 is 0. The maximum atomic E-state index is 3.70. The van der Waals surface area contributed by atoms with Crippen LogP contribution in [0.5, 0.6) is 0 Å². The van der Waals surface area contributed by atoms with Crippen molar-refractivity contribution in [3.63, 3.8) is 0 Å². The molecule has 2 nitrogen and oxygen atoms in total. The van der Waals surface area contributed by atoms with Crippen LogP contribution >= 0.6 is 0 Å². The Hall–Kier alpha value is -0.0800. The van der Waals surface area contributed by atoms with E-state index in [0.29, 0.717) is 0 Å². The third-order valence-corrected chi connectivity index (χ3v) is 5.62. The van der Waals surface area contributed by atoms with E-state index in [1.54, 1.807) is 0 Å². The predicted octanol–water partition coefficient (Wildman–Crippen LogP) is 3.91. The molecule has 0 atom stereocenters. The van der Waals surface area contributed by atoms with E-state index in [2.05, 4.69) is 31.0 Å². The van der Waals surface area contributed by atoms with Crippen LogP contribution in [-0.4, -0.2) is 37.1 Å². The number of nitrogens with zero attached hydrogens (tertiary/aromatic N) is 1. The number of hydrogen-bond acceptors (Lipinski definition) is 2. The predicted molar refractivity (Wildman–Crippen MR) is 88.0 cm³/mol. The van der Waals surface area contributed by atoms with Crippen LogP contribution in [0.2, 0.25) is 0 Å². The number of nitrogens with one attached hydrogen (secondary N) is 1. The van der Waals surface area contributed by atoms with E-state index in [1.807, 2.05) is 0 Å². The maximum Gasteiger partial charge on any atom is 0.00672 e. The molecule has 1 heterocycles. The molecule has 1 N–H and O–H groups in total. The van der Waals surface area contributed by atoms with Crippen molar-refractivity contribution in [2.75, 3.05) is 26.2 Å². The summed E-state index contributed by atoms with van der Waals surface area (Å²) in [5, 5.41) is 3.70. The second-order valence-electron chi connectivity index (χ2n) is 7.55. The highest BCUT2D eigenvalue weighted by molar-refractivity contribution is 4.81. The Balaban J connectivity index is 1.61. The van der Waals surface area contributed by atoms with Gasteiger partial charge in [0.2, 0.25) is 0 Å². The molecule has 2 aliphatic rings. The van der Waals surface area contributed by atoms with E-state index in [-0.39, 0.29) is 0 Å². The Morgan fingerprint density at radius 1 is 1.00 bits per heavy atom. The first-order valence-electron chi connectivity index (χ1n) is 9.14. The van der Waals surface area contributed by atoms with Crippen LogP contribution in [-0.2, 0) is 0 Å². The minimum absolute atomic E-state index is 0.817. The quantitative estimate of drug-likeness (QED) is 0.793. The van der Waals surface area contributed by atoms with Crippen molar-refractivity contribution >= 4 is 0 Å². The second kappa shape index (κ2) is 8.38. The molecule has 0 aromatic heterocycles. The molecule has 1 saturated heterocycles. The van der Waals surface area contributed by atoms with Gasteiger partial charge in [-0.05, 0) is 82.3 Å². The van der Waals surface area contributed by atoms with Gasteiger partial charge >= 0.3 is 0 Å². The number of piperidine rings is 1. The van der Waals surface area contributed by atoms with E-state index in [1.165, 1.54) is 71.1 Å². The third-order valence-electron chi connectivity index (χ3n) is 5.62. The lowest BCUT2D eigenvalue weighted by atomic mass is 9.83. The lowest BCUT2D eigenvalue weighted by molar-refractivity contribution is 0.124. The highest BCUT2D eigenvalue weighted by atomic mass is 15.1. The molecule has 2 rings (SSSR count). The lowest BCUT2D eigenvalue weighted by Gasteiger charge is -2.37. The molecular formula is C18H36N2. The fraction of sp³-hybridized carbons (Fsp3) is 1.00. The van der Waals surface area contributed by atoms with Gasteiger partial charge in [0.1, 0.15) is 0 Å². The molecule has 1 aliphatic heterocycles. The van der Waals surface area contributed by atoms with Crippen LogP contribution in [0.3, 0.4) is 0 Å². The first kappa shape index (κ1) is 16.3. The molecule has 1 saturated carbocycles. The van der Waals surface area contributed by atoms with Gasteiger partial charge in [0.05, 0.1) is 0 Å². The van der Waals surface area contributed by atoms with Gasteiger partial charge in [-0.15, -0.1) is 0 Å². The van der Waals surface area contributed by atoms with Crippen LogP contribution in [0.1, 0.15) is 65.7 Å². The molecule has 1 aliphatic carbocycles. The average molecular weight is 280 g/mol. The second-order valence-corrected chi connectivity index (χ2v) is 7.55. The van der Waals surface area contributed by atoms with Crippen LogP contribution in [0.4, 0.5) is 0 Å². The van der Waals surface area contributed by atoms with Crippen molar-refractivity contribution < 1.29 is 0 Å². The monoisotopic (exact) mass is 280 g/mol. The van der Waals surface area contributed by atoms with Crippen molar-refractivity contribution in [3.05, 3.63) is 0 Å². The smallest absolute Gasteiger partial charge is 0.00672 e. The van der Waals surface area contributed by atoms with E-state index in [0.717, 1.165) is 23.8 Å². The maximum absolute atomic E-state index is 3.70. The van der Waals surface area contributed by atoms with Crippen molar-refractivity contribution in [1.82, 2.24) is 10.2 Å². The van der Waals surface area contributed by atoms with Crippen LogP contribution in [0, 0.1) is 17.8 Å².